The van der Waals surface area contributed by atoms with Gasteiger partial charge in [0.2, 0.25) is 0 Å². The lowest BCUT2D eigenvalue weighted by atomic mass is 9.96. The van der Waals surface area contributed by atoms with Gasteiger partial charge >= 0.3 is 0 Å². The van der Waals surface area contributed by atoms with Crippen molar-refractivity contribution in [2.45, 2.75) is 26.0 Å². The molecule has 1 fully saturated rings. The Morgan fingerprint density at radius 3 is 3.18 bits per heavy atom. The van der Waals surface area contributed by atoms with E-state index < -0.39 is 0 Å². The zero-order chi connectivity index (χ0) is 12.3. The molecule has 2 atom stereocenters. The average molecular weight is 236 g/mol. The fraction of sp³-hybridized carbons (Fsp3) is 0.583. The predicted molar refractivity (Wildman–Crippen MR) is 67.1 cm³/mol. The van der Waals surface area contributed by atoms with Crippen molar-refractivity contribution in [1.29, 1.82) is 0 Å². The van der Waals surface area contributed by atoms with Crippen molar-refractivity contribution >= 4 is 5.69 Å². The predicted octanol–water partition coefficient (Wildman–Crippen LogP) is 0.570. The lowest BCUT2D eigenvalue weighted by Gasteiger charge is -2.33. The highest BCUT2D eigenvalue weighted by atomic mass is 16.3. The first kappa shape index (κ1) is 12.3. The molecule has 2 rings (SSSR count). The van der Waals surface area contributed by atoms with Gasteiger partial charge in [-0.1, -0.05) is 6.92 Å². The number of piperidine rings is 1. The molecule has 0 radical (unpaired) electrons. The number of hydrogen-bond acceptors (Lipinski definition) is 5. The van der Waals surface area contributed by atoms with E-state index >= 15 is 0 Å². The van der Waals surface area contributed by atoms with Crippen LogP contribution in [0.4, 0.5) is 5.69 Å². The molecule has 0 bridgehead atoms. The molecule has 2 unspecified atom stereocenters. The molecule has 0 aliphatic carbocycles. The van der Waals surface area contributed by atoms with E-state index in [1.807, 2.05) is 12.1 Å². The van der Waals surface area contributed by atoms with Gasteiger partial charge in [0, 0.05) is 19.3 Å². The quantitative estimate of drug-likeness (QED) is 0.528. The molecule has 1 aliphatic rings. The molecule has 1 aromatic rings. The largest absolute Gasteiger partial charge is 0.392 e. The highest BCUT2D eigenvalue weighted by Gasteiger charge is 2.24. The Balaban J connectivity index is 1.96. The van der Waals surface area contributed by atoms with E-state index in [0.717, 1.165) is 37.4 Å². The maximum absolute atomic E-state index is 9.83. The molecule has 1 aromatic heterocycles. The number of nitrogens with one attached hydrogen (secondary N) is 1. The fourth-order valence-electron chi connectivity index (χ4n) is 2.14. The van der Waals surface area contributed by atoms with E-state index in [4.69, 9.17) is 5.84 Å². The van der Waals surface area contributed by atoms with Crippen molar-refractivity contribution in [3.63, 3.8) is 0 Å². The molecule has 4 N–H and O–H groups in total. The minimum absolute atomic E-state index is 0.223. The van der Waals surface area contributed by atoms with E-state index in [1.165, 1.54) is 0 Å². The van der Waals surface area contributed by atoms with Crippen LogP contribution in [0.2, 0.25) is 0 Å². The van der Waals surface area contributed by atoms with Crippen LogP contribution < -0.4 is 11.3 Å². The van der Waals surface area contributed by atoms with Gasteiger partial charge in [0.15, 0.2) is 0 Å². The minimum Gasteiger partial charge on any atom is -0.392 e. The second kappa shape index (κ2) is 5.44. The number of nitrogens with two attached hydrogens (primary N) is 1. The molecular formula is C12H20N4O. The fourth-order valence-corrected chi connectivity index (χ4v) is 2.14. The van der Waals surface area contributed by atoms with Crippen LogP contribution in [0.3, 0.4) is 0 Å². The number of rotatable bonds is 3. The number of nitrogens with zero attached hydrogens (tertiary/aromatic N) is 2. The van der Waals surface area contributed by atoms with Crippen LogP contribution in [0.1, 0.15) is 19.0 Å². The van der Waals surface area contributed by atoms with Crippen molar-refractivity contribution in [3.8, 4) is 0 Å². The summed E-state index contributed by atoms with van der Waals surface area (Å²) in [7, 11) is 0. The topological polar surface area (TPSA) is 74.4 Å². The molecule has 0 amide bonds. The van der Waals surface area contributed by atoms with Crippen LogP contribution in [-0.2, 0) is 6.54 Å². The molecule has 2 heterocycles. The van der Waals surface area contributed by atoms with Crippen LogP contribution in [0, 0.1) is 5.92 Å². The van der Waals surface area contributed by atoms with Crippen LogP contribution in [0.15, 0.2) is 18.3 Å². The molecule has 0 spiro atoms. The van der Waals surface area contributed by atoms with Gasteiger partial charge in [-0.3, -0.25) is 15.7 Å². The number of nitrogen functional groups attached to an aromatic ring is 1. The molecule has 1 aliphatic heterocycles. The smallest absolute Gasteiger partial charge is 0.0693 e. The van der Waals surface area contributed by atoms with E-state index in [9.17, 15) is 5.11 Å². The normalized spacial score (nSPS) is 25.8. The number of aromatic nitrogens is 1. The van der Waals surface area contributed by atoms with E-state index in [1.54, 1.807) is 6.20 Å². The highest BCUT2D eigenvalue weighted by Crippen LogP contribution is 2.18. The maximum atomic E-state index is 9.83. The summed E-state index contributed by atoms with van der Waals surface area (Å²) < 4.78 is 0. The summed E-state index contributed by atoms with van der Waals surface area (Å²) in [6, 6.07) is 3.76. The second-order valence-electron chi connectivity index (χ2n) is 4.75. The summed E-state index contributed by atoms with van der Waals surface area (Å²) >= 11 is 0. The van der Waals surface area contributed by atoms with E-state index in [0.29, 0.717) is 5.92 Å². The zero-order valence-electron chi connectivity index (χ0n) is 10.1. The molecule has 17 heavy (non-hydrogen) atoms. The Morgan fingerprint density at radius 1 is 1.65 bits per heavy atom. The number of β-amino-alcohol motifs (C(OH)–C–C–N with tert-alkyl or cyclic N) is 1. The Hall–Kier alpha value is -1.17. The lowest BCUT2D eigenvalue weighted by Crippen LogP contribution is -2.42. The number of aliphatic hydroxyl groups excluding tert-OH is 1. The van der Waals surface area contributed by atoms with Crippen LogP contribution in [0.5, 0.6) is 0 Å². The van der Waals surface area contributed by atoms with Gasteiger partial charge in [-0.2, -0.15) is 0 Å². The van der Waals surface area contributed by atoms with Crippen LogP contribution in [-0.4, -0.2) is 34.2 Å². The third-order valence-corrected chi connectivity index (χ3v) is 3.37. The van der Waals surface area contributed by atoms with E-state index in [2.05, 4.69) is 22.2 Å². The molecule has 5 nitrogen and oxygen atoms in total. The Labute approximate surface area is 102 Å². The zero-order valence-corrected chi connectivity index (χ0v) is 10.1. The van der Waals surface area contributed by atoms with Crippen molar-refractivity contribution in [1.82, 2.24) is 9.88 Å². The SMILES string of the molecule is CC1CCN(Cc2cc(NN)ccn2)CC1O. The van der Waals surface area contributed by atoms with Gasteiger partial charge in [0.25, 0.3) is 0 Å². The standard InChI is InChI=1S/C12H20N4O/c1-9-3-5-16(8-12(9)17)7-11-6-10(15-13)2-4-14-11/h2,4,6,9,12,17H,3,5,7-8,13H2,1H3,(H,14,15). The molecule has 94 valence electrons. The van der Waals surface area contributed by atoms with Crippen molar-refractivity contribution in [2.24, 2.45) is 11.8 Å². The molecule has 0 aromatic carbocycles. The van der Waals surface area contributed by atoms with Gasteiger partial charge in [0.1, 0.15) is 0 Å². The van der Waals surface area contributed by atoms with Crippen LogP contribution in [0.25, 0.3) is 0 Å². The number of anilines is 1. The van der Waals surface area contributed by atoms with Gasteiger partial charge in [0.05, 0.1) is 17.5 Å². The number of likely N-dealkylation sites (tertiary alicyclic amines) is 1. The maximum Gasteiger partial charge on any atom is 0.0693 e. The highest BCUT2D eigenvalue weighted by molar-refractivity contribution is 5.41. The lowest BCUT2D eigenvalue weighted by molar-refractivity contribution is 0.0254. The summed E-state index contributed by atoms with van der Waals surface area (Å²) in [5, 5.41) is 9.83. The Kier molecular flexibility index (Phi) is 3.93. The monoisotopic (exact) mass is 236 g/mol. The third kappa shape index (κ3) is 3.15. The number of hydrazine groups is 1. The Morgan fingerprint density at radius 2 is 2.47 bits per heavy atom. The van der Waals surface area contributed by atoms with Crippen molar-refractivity contribution in [3.05, 3.63) is 24.0 Å². The van der Waals surface area contributed by atoms with Crippen molar-refractivity contribution in [2.75, 3.05) is 18.5 Å². The molecule has 5 heteroatoms. The minimum atomic E-state index is -0.223. The summed E-state index contributed by atoms with van der Waals surface area (Å²) in [4.78, 5) is 6.54. The summed E-state index contributed by atoms with van der Waals surface area (Å²) in [5.41, 5.74) is 4.45. The number of aliphatic hydroxyl groups is 1. The first-order valence-electron chi connectivity index (χ1n) is 6.01. The van der Waals surface area contributed by atoms with Crippen molar-refractivity contribution < 1.29 is 5.11 Å². The summed E-state index contributed by atoms with van der Waals surface area (Å²) in [6.07, 6.45) is 2.56. The first-order valence-corrected chi connectivity index (χ1v) is 6.01. The van der Waals surface area contributed by atoms with Gasteiger partial charge in [-0.25, -0.2) is 0 Å². The average Bonchev–Trinajstić information content (AvgIpc) is 2.34. The summed E-state index contributed by atoms with van der Waals surface area (Å²) in [6.45, 7) is 4.60. The number of pyridine rings is 1. The van der Waals surface area contributed by atoms with E-state index in [-0.39, 0.29) is 6.10 Å². The van der Waals surface area contributed by atoms with Crippen LogP contribution >= 0.6 is 0 Å². The molecular weight excluding hydrogens is 216 g/mol. The van der Waals surface area contributed by atoms with Gasteiger partial charge < -0.3 is 10.5 Å². The molecule has 1 saturated heterocycles. The summed E-state index contributed by atoms with van der Waals surface area (Å²) in [5.74, 6) is 5.76. The van der Waals surface area contributed by atoms with Gasteiger partial charge in [-0.15, -0.1) is 0 Å². The Bertz CT molecular complexity index is 371. The number of hydrogen-bond donors (Lipinski definition) is 3. The third-order valence-electron chi connectivity index (χ3n) is 3.37. The first-order chi connectivity index (χ1) is 8.19. The van der Waals surface area contributed by atoms with Gasteiger partial charge in [-0.05, 0) is 31.0 Å². The second-order valence-corrected chi connectivity index (χ2v) is 4.75. The molecule has 0 saturated carbocycles.